The minimum atomic E-state index is -2.97. The van der Waals surface area contributed by atoms with Crippen LogP contribution in [0.1, 0.15) is 39.0 Å². The maximum absolute atomic E-state index is 11.7. The summed E-state index contributed by atoms with van der Waals surface area (Å²) in [5, 5.41) is 14.1. The van der Waals surface area contributed by atoms with Crippen molar-refractivity contribution in [2.24, 2.45) is 0 Å². The maximum Gasteiger partial charge on any atom is 0.326 e. The van der Waals surface area contributed by atoms with Crippen molar-refractivity contribution in [1.29, 1.82) is 0 Å². The standard InChI is InChI=1S/C12H22N2O5S/c1-2-3-4-10(11(15)16)14-12(17)13-9-5-7-20(18,19)8-6-9/h9-10H,2-8H2,1H3,(H,15,16)(H2,13,14,17). The summed E-state index contributed by atoms with van der Waals surface area (Å²) < 4.78 is 22.5. The fourth-order valence-corrected chi connectivity index (χ4v) is 3.58. The molecule has 8 heteroatoms. The van der Waals surface area contributed by atoms with Gasteiger partial charge < -0.3 is 15.7 Å². The molecule has 0 aromatic carbocycles. The van der Waals surface area contributed by atoms with Crippen LogP contribution in [-0.4, -0.2) is 49.1 Å². The second kappa shape index (κ2) is 7.47. The van der Waals surface area contributed by atoms with Crippen LogP contribution >= 0.6 is 0 Å². The third kappa shape index (κ3) is 5.77. The van der Waals surface area contributed by atoms with Crippen molar-refractivity contribution in [2.75, 3.05) is 11.5 Å². The Balaban J connectivity index is 2.40. The van der Waals surface area contributed by atoms with Crippen LogP contribution < -0.4 is 10.6 Å². The molecule has 1 unspecified atom stereocenters. The highest BCUT2D eigenvalue weighted by Crippen LogP contribution is 2.12. The van der Waals surface area contributed by atoms with E-state index in [1.54, 1.807) is 0 Å². The van der Waals surface area contributed by atoms with Gasteiger partial charge in [0.2, 0.25) is 0 Å². The number of urea groups is 1. The molecular formula is C12H22N2O5S. The molecule has 1 atom stereocenters. The van der Waals surface area contributed by atoms with E-state index in [0.29, 0.717) is 19.3 Å². The topological polar surface area (TPSA) is 113 Å². The van der Waals surface area contributed by atoms with E-state index in [1.165, 1.54) is 0 Å². The molecule has 1 saturated heterocycles. The SMILES string of the molecule is CCCCC(NC(=O)NC1CCS(=O)(=O)CC1)C(=O)O. The van der Waals surface area contributed by atoms with Crippen molar-refractivity contribution < 1.29 is 23.1 Å². The summed E-state index contributed by atoms with van der Waals surface area (Å²) in [4.78, 5) is 22.7. The smallest absolute Gasteiger partial charge is 0.326 e. The Hall–Kier alpha value is -1.31. The zero-order valence-electron chi connectivity index (χ0n) is 11.6. The van der Waals surface area contributed by atoms with Crippen molar-refractivity contribution >= 4 is 21.8 Å². The average Bonchev–Trinajstić information content (AvgIpc) is 2.36. The van der Waals surface area contributed by atoms with Crippen molar-refractivity contribution in [3.8, 4) is 0 Å². The molecule has 0 saturated carbocycles. The quantitative estimate of drug-likeness (QED) is 0.661. The largest absolute Gasteiger partial charge is 0.480 e. The minimum absolute atomic E-state index is 0.0656. The molecule has 1 heterocycles. The van der Waals surface area contributed by atoms with Crippen LogP contribution in [0.25, 0.3) is 0 Å². The Kier molecular flexibility index (Phi) is 6.25. The summed E-state index contributed by atoms with van der Waals surface area (Å²) in [6.45, 7) is 1.95. The molecule has 2 amide bonds. The number of rotatable bonds is 6. The molecule has 1 aliphatic heterocycles. The van der Waals surface area contributed by atoms with Gasteiger partial charge in [0.05, 0.1) is 11.5 Å². The molecule has 0 spiro atoms. The second-order valence-electron chi connectivity index (χ2n) is 5.08. The van der Waals surface area contributed by atoms with E-state index < -0.39 is 27.9 Å². The number of sulfone groups is 1. The number of carboxylic acids is 1. The van der Waals surface area contributed by atoms with E-state index in [1.807, 2.05) is 6.92 Å². The summed E-state index contributed by atoms with van der Waals surface area (Å²) in [5.74, 6) is -0.924. The first-order valence-corrected chi connectivity index (χ1v) is 8.66. The third-order valence-electron chi connectivity index (χ3n) is 3.34. The highest BCUT2D eigenvalue weighted by atomic mass is 32.2. The summed E-state index contributed by atoms with van der Waals surface area (Å²) in [5.41, 5.74) is 0. The summed E-state index contributed by atoms with van der Waals surface area (Å²) >= 11 is 0. The molecule has 0 aliphatic carbocycles. The molecule has 20 heavy (non-hydrogen) atoms. The Bertz CT molecular complexity index is 435. The van der Waals surface area contributed by atoms with Crippen molar-refractivity contribution in [2.45, 2.75) is 51.1 Å². The molecule has 0 aromatic heterocycles. The van der Waals surface area contributed by atoms with Crippen molar-refractivity contribution in [1.82, 2.24) is 10.6 Å². The molecule has 1 aliphatic rings. The van der Waals surface area contributed by atoms with Crippen LogP contribution in [0.3, 0.4) is 0 Å². The highest BCUT2D eigenvalue weighted by Gasteiger charge is 2.26. The Morgan fingerprint density at radius 1 is 1.30 bits per heavy atom. The zero-order chi connectivity index (χ0) is 15.2. The first kappa shape index (κ1) is 16.7. The van der Waals surface area contributed by atoms with Gasteiger partial charge in [-0.3, -0.25) is 0 Å². The van der Waals surface area contributed by atoms with Gasteiger partial charge in [-0.1, -0.05) is 19.8 Å². The van der Waals surface area contributed by atoms with Gasteiger partial charge in [-0.05, 0) is 19.3 Å². The van der Waals surface area contributed by atoms with Gasteiger partial charge in [0.1, 0.15) is 15.9 Å². The third-order valence-corrected chi connectivity index (χ3v) is 5.06. The van der Waals surface area contributed by atoms with Gasteiger partial charge in [0.25, 0.3) is 0 Å². The Labute approximate surface area is 119 Å². The summed E-state index contributed by atoms with van der Waals surface area (Å²) in [7, 11) is -2.97. The van der Waals surface area contributed by atoms with Crippen LogP contribution in [-0.2, 0) is 14.6 Å². The number of carboxylic acid groups (broad SMARTS) is 1. The maximum atomic E-state index is 11.7. The number of carbonyl (C=O) groups excluding carboxylic acids is 1. The van der Waals surface area contributed by atoms with Gasteiger partial charge in [-0.2, -0.15) is 0 Å². The van der Waals surface area contributed by atoms with Gasteiger partial charge in [0.15, 0.2) is 0 Å². The van der Waals surface area contributed by atoms with Gasteiger partial charge in [0, 0.05) is 6.04 Å². The predicted molar refractivity (Wildman–Crippen MR) is 74.3 cm³/mol. The second-order valence-corrected chi connectivity index (χ2v) is 7.38. The summed E-state index contributed by atoms with van der Waals surface area (Å²) in [6.07, 6.45) is 2.72. The lowest BCUT2D eigenvalue weighted by Crippen LogP contribution is -2.50. The van der Waals surface area contributed by atoms with Gasteiger partial charge >= 0.3 is 12.0 Å². The molecule has 0 bridgehead atoms. The molecule has 1 fully saturated rings. The van der Waals surface area contributed by atoms with Crippen LogP contribution in [0.5, 0.6) is 0 Å². The number of amides is 2. The Morgan fingerprint density at radius 2 is 1.90 bits per heavy atom. The van der Waals surface area contributed by atoms with Gasteiger partial charge in [-0.25, -0.2) is 18.0 Å². The number of carbonyl (C=O) groups is 2. The van der Waals surface area contributed by atoms with E-state index >= 15 is 0 Å². The molecular weight excluding hydrogens is 284 g/mol. The summed E-state index contributed by atoms with van der Waals surface area (Å²) in [6, 6.07) is -1.65. The van der Waals surface area contributed by atoms with Crippen molar-refractivity contribution in [3.63, 3.8) is 0 Å². The zero-order valence-corrected chi connectivity index (χ0v) is 12.4. The number of aliphatic carboxylic acids is 1. The number of hydrogen-bond acceptors (Lipinski definition) is 4. The highest BCUT2D eigenvalue weighted by molar-refractivity contribution is 7.91. The van der Waals surface area contributed by atoms with Crippen LogP contribution in [0, 0.1) is 0 Å². The van der Waals surface area contributed by atoms with Gasteiger partial charge in [-0.15, -0.1) is 0 Å². The first-order valence-electron chi connectivity index (χ1n) is 6.84. The number of unbranched alkanes of at least 4 members (excludes halogenated alkanes) is 1. The number of hydrogen-bond donors (Lipinski definition) is 3. The van der Waals surface area contributed by atoms with E-state index in [-0.39, 0.29) is 17.5 Å². The Morgan fingerprint density at radius 3 is 2.40 bits per heavy atom. The molecule has 1 rings (SSSR count). The van der Waals surface area contributed by atoms with E-state index in [9.17, 15) is 18.0 Å². The van der Waals surface area contributed by atoms with Crippen molar-refractivity contribution in [3.05, 3.63) is 0 Å². The monoisotopic (exact) mass is 306 g/mol. The lowest BCUT2D eigenvalue weighted by molar-refractivity contribution is -0.139. The van der Waals surface area contributed by atoms with Crippen LogP contribution in [0.4, 0.5) is 4.79 Å². The fraction of sp³-hybridized carbons (Fsp3) is 0.833. The molecule has 0 radical (unpaired) electrons. The normalized spacial score (nSPS) is 20.1. The molecule has 7 nitrogen and oxygen atoms in total. The number of nitrogens with one attached hydrogen (secondary N) is 2. The lowest BCUT2D eigenvalue weighted by atomic mass is 10.1. The van der Waals surface area contributed by atoms with E-state index in [4.69, 9.17) is 5.11 Å². The van der Waals surface area contributed by atoms with E-state index in [0.717, 1.165) is 12.8 Å². The molecule has 0 aromatic rings. The first-order chi connectivity index (χ1) is 9.34. The average molecular weight is 306 g/mol. The fourth-order valence-electron chi connectivity index (χ4n) is 2.09. The predicted octanol–water partition coefficient (Wildman–Crippen LogP) is 0.506. The lowest BCUT2D eigenvalue weighted by Gasteiger charge is -2.24. The molecule has 3 N–H and O–H groups in total. The van der Waals surface area contributed by atoms with Crippen LogP contribution in [0.2, 0.25) is 0 Å². The minimum Gasteiger partial charge on any atom is -0.480 e. The molecule has 116 valence electrons. The van der Waals surface area contributed by atoms with Crippen LogP contribution in [0.15, 0.2) is 0 Å². The van der Waals surface area contributed by atoms with E-state index in [2.05, 4.69) is 10.6 Å².